The van der Waals surface area contributed by atoms with E-state index in [0.29, 0.717) is 10.6 Å². The molecule has 0 amide bonds. The van der Waals surface area contributed by atoms with Crippen molar-refractivity contribution in [3.8, 4) is 21.8 Å². The highest BCUT2D eigenvalue weighted by molar-refractivity contribution is 7.18. The summed E-state index contributed by atoms with van der Waals surface area (Å²) < 4.78 is 10.6. The summed E-state index contributed by atoms with van der Waals surface area (Å²) in [5.74, 6) is 0.348. The zero-order valence-electron chi connectivity index (χ0n) is 13.4. The van der Waals surface area contributed by atoms with E-state index in [-0.39, 0.29) is 0 Å². The van der Waals surface area contributed by atoms with Gasteiger partial charge in [-0.15, -0.1) is 11.3 Å². The molecule has 0 atom stereocenters. The van der Waals surface area contributed by atoms with Crippen LogP contribution in [-0.2, 0) is 4.74 Å². The Hall–Kier alpha value is -3.12. The van der Waals surface area contributed by atoms with Gasteiger partial charge in [0.05, 0.1) is 12.8 Å². The topological polar surface area (TPSA) is 78.3 Å². The van der Waals surface area contributed by atoms with Gasteiger partial charge in [0.2, 0.25) is 0 Å². The number of benzene rings is 1. The van der Waals surface area contributed by atoms with E-state index in [2.05, 4.69) is 4.98 Å². The van der Waals surface area contributed by atoms with Crippen LogP contribution in [0.5, 0.6) is 0 Å². The summed E-state index contributed by atoms with van der Waals surface area (Å²) in [5.41, 5.74) is 9.86. The monoisotopic (exact) mass is 350 g/mol. The molecule has 0 saturated carbocycles. The Labute approximate surface area is 147 Å². The van der Waals surface area contributed by atoms with E-state index in [9.17, 15) is 4.79 Å². The fourth-order valence-corrected chi connectivity index (χ4v) is 3.61. The van der Waals surface area contributed by atoms with E-state index < -0.39 is 5.97 Å². The van der Waals surface area contributed by atoms with E-state index in [0.717, 1.165) is 32.9 Å². The average molecular weight is 350 g/mol. The molecule has 4 rings (SSSR count). The third kappa shape index (κ3) is 2.77. The molecule has 0 unspecified atom stereocenters. The summed E-state index contributed by atoms with van der Waals surface area (Å²) in [4.78, 5) is 17.3. The minimum absolute atomic E-state index is 0.417. The number of methoxy groups -OCH3 is 1. The number of nitrogens with zero attached hydrogens (tertiary/aromatic N) is 1. The first-order valence-corrected chi connectivity index (χ1v) is 8.40. The number of esters is 1. The van der Waals surface area contributed by atoms with Gasteiger partial charge >= 0.3 is 5.97 Å². The molecule has 25 heavy (non-hydrogen) atoms. The lowest BCUT2D eigenvalue weighted by molar-refractivity contribution is 0.0607. The lowest BCUT2D eigenvalue weighted by Crippen LogP contribution is -2.00. The van der Waals surface area contributed by atoms with Crippen molar-refractivity contribution in [1.29, 1.82) is 0 Å². The van der Waals surface area contributed by atoms with Gasteiger partial charge in [-0.25, -0.2) is 4.79 Å². The summed E-state index contributed by atoms with van der Waals surface area (Å²) in [5, 5.41) is 0. The van der Waals surface area contributed by atoms with Crippen LogP contribution in [0.4, 0.5) is 5.69 Å². The van der Waals surface area contributed by atoms with Crippen molar-refractivity contribution in [2.75, 3.05) is 12.8 Å². The lowest BCUT2D eigenvalue weighted by Gasteiger charge is -2.00. The number of hydrogen-bond acceptors (Lipinski definition) is 6. The number of anilines is 1. The maximum Gasteiger partial charge on any atom is 0.350 e. The summed E-state index contributed by atoms with van der Waals surface area (Å²) in [6.45, 7) is 0. The van der Waals surface area contributed by atoms with E-state index >= 15 is 0 Å². The maximum absolute atomic E-state index is 11.7. The number of nitrogen functional groups attached to an aromatic ring is 1. The van der Waals surface area contributed by atoms with Crippen LogP contribution in [0.25, 0.3) is 32.9 Å². The number of nitrogens with two attached hydrogens (primary N) is 1. The Bertz CT molecular complexity index is 1030. The van der Waals surface area contributed by atoms with Gasteiger partial charge in [0.1, 0.15) is 16.2 Å². The number of furan rings is 1. The Morgan fingerprint density at radius 2 is 1.92 bits per heavy atom. The smallest absolute Gasteiger partial charge is 0.350 e. The number of fused-ring (bicyclic) bond motifs is 1. The van der Waals surface area contributed by atoms with Crippen molar-refractivity contribution in [2.45, 2.75) is 0 Å². The fraction of sp³-hybridized carbons (Fsp3) is 0.0526. The van der Waals surface area contributed by atoms with Crippen molar-refractivity contribution < 1.29 is 13.9 Å². The molecule has 0 aliphatic heterocycles. The number of ether oxygens (including phenoxy) is 1. The quantitative estimate of drug-likeness (QED) is 0.547. The zero-order valence-corrected chi connectivity index (χ0v) is 14.2. The first-order valence-electron chi connectivity index (χ1n) is 7.58. The number of pyridine rings is 1. The van der Waals surface area contributed by atoms with E-state index in [1.807, 2.05) is 42.5 Å². The normalized spacial score (nSPS) is 10.9. The fourth-order valence-electron chi connectivity index (χ4n) is 2.61. The van der Waals surface area contributed by atoms with Gasteiger partial charge < -0.3 is 14.9 Å². The minimum Gasteiger partial charge on any atom is -0.465 e. The van der Waals surface area contributed by atoms with Crippen molar-refractivity contribution in [3.63, 3.8) is 0 Å². The Morgan fingerprint density at radius 1 is 1.16 bits per heavy atom. The van der Waals surface area contributed by atoms with Gasteiger partial charge in [-0.2, -0.15) is 0 Å². The molecule has 0 fully saturated rings. The van der Waals surface area contributed by atoms with Crippen LogP contribution in [-0.4, -0.2) is 18.1 Å². The van der Waals surface area contributed by atoms with Gasteiger partial charge in [0.25, 0.3) is 0 Å². The third-order valence-electron chi connectivity index (χ3n) is 3.87. The highest BCUT2D eigenvalue weighted by atomic mass is 32.1. The summed E-state index contributed by atoms with van der Waals surface area (Å²) in [6.07, 6.45) is 1.74. The van der Waals surface area contributed by atoms with Crippen LogP contribution in [0.3, 0.4) is 0 Å². The Kier molecular flexibility index (Phi) is 3.74. The van der Waals surface area contributed by atoms with Crippen LogP contribution in [0, 0.1) is 0 Å². The van der Waals surface area contributed by atoms with Crippen LogP contribution in [0.15, 0.2) is 59.1 Å². The molecule has 5 nitrogen and oxygen atoms in total. The Morgan fingerprint density at radius 3 is 2.64 bits per heavy atom. The SMILES string of the molecule is COC(=O)c1sc(-c2ccc(-c3cc4ncccc4o3)cc2)cc1N. The first-order chi connectivity index (χ1) is 12.2. The second-order valence-electron chi connectivity index (χ2n) is 5.46. The Balaban J connectivity index is 1.67. The molecular formula is C19H14N2O3S. The number of carbonyl (C=O) groups is 1. The van der Waals surface area contributed by atoms with Gasteiger partial charge in [-0.1, -0.05) is 24.3 Å². The first kappa shape index (κ1) is 15.4. The molecule has 0 bridgehead atoms. The van der Waals surface area contributed by atoms with Gasteiger partial charge in [-0.05, 0) is 23.8 Å². The predicted molar refractivity (Wildman–Crippen MR) is 98.5 cm³/mol. The van der Waals surface area contributed by atoms with Crippen molar-refractivity contribution in [3.05, 3.63) is 59.6 Å². The molecule has 4 aromatic rings. The van der Waals surface area contributed by atoms with Crippen LogP contribution >= 0.6 is 11.3 Å². The van der Waals surface area contributed by atoms with Crippen molar-refractivity contribution >= 4 is 34.1 Å². The minimum atomic E-state index is -0.417. The number of aromatic nitrogens is 1. The van der Waals surface area contributed by atoms with Crippen LogP contribution in [0.2, 0.25) is 0 Å². The van der Waals surface area contributed by atoms with Crippen molar-refractivity contribution in [2.24, 2.45) is 0 Å². The van der Waals surface area contributed by atoms with Gasteiger partial charge in [-0.3, -0.25) is 4.98 Å². The highest BCUT2D eigenvalue weighted by Crippen LogP contribution is 2.35. The van der Waals surface area contributed by atoms with Gasteiger partial charge in [0.15, 0.2) is 5.58 Å². The molecule has 3 heterocycles. The van der Waals surface area contributed by atoms with E-state index in [1.165, 1.54) is 18.4 Å². The van der Waals surface area contributed by atoms with Crippen LogP contribution < -0.4 is 5.73 Å². The molecule has 0 aliphatic carbocycles. The molecular weight excluding hydrogens is 336 g/mol. The summed E-state index contributed by atoms with van der Waals surface area (Å²) >= 11 is 1.32. The standard InChI is InChI=1S/C19H14N2O3S/c1-23-19(22)18-13(20)9-17(25-18)12-6-4-11(5-7-12)16-10-14-15(24-16)3-2-8-21-14/h2-10H,20H2,1H3. The third-order valence-corrected chi connectivity index (χ3v) is 5.05. The van der Waals surface area contributed by atoms with E-state index in [1.54, 1.807) is 12.3 Å². The molecule has 2 N–H and O–H groups in total. The number of carbonyl (C=O) groups excluding carboxylic acids is 1. The molecule has 124 valence electrons. The number of rotatable bonds is 3. The van der Waals surface area contributed by atoms with Crippen LogP contribution in [0.1, 0.15) is 9.67 Å². The second kappa shape index (κ2) is 6.07. The molecule has 0 aliphatic rings. The molecule has 0 spiro atoms. The molecule has 6 heteroatoms. The predicted octanol–water partition coefficient (Wildman–Crippen LogP) is 4.59. The summed E-state index contributed by atoms with van der Waals surface area (Å²) in [6, 6.07) is 15.3. The maximum atomic E-state index is 11.7. The lowest BCUT2D eigenvalue weighted by atomic mass is 10.1. The molecule has 3 aromatic heterocycles. The molecule has 0 radical (unpaired) electrons. The number of thiophene rings is 1. The second-order valence-corrected chi connectivity index (χ2v) is 6.51. The molecule has 1 aromatic carbocycles. The number of hydrogen-bond donors (Lipinski definition) is 1. The summed E-state index contributed by atoms with van der Waals surface area (Å²) in [7, 11) is 1.35. The average Bonchev–Trinajstić information content (AvgIpc) is 3.25. The van der Waals surface area contributed by atoms with Crippen molar-refractivity contribution in [1.82, 2.24) is 4.98 Å². The molecule has 0 saturated heterocycles. The zero-order chi connectivity index (χ0) is 17.4. The highest BCUT2D eigenvalue weighted by Gasteiger charge is 2.16. The van der Waals surface area contributed by atoms with E-state index in [4.69, 9.17) is 14.9 Å². The van der Waals surface area contributed by atoms with Gasteiger partial charge in [0, 0.05) is 22.7 Å². The largest absolute Gasteiger partial charge is 0.465 e.